The zero-order chi connectivity index (χ0) is 10.7. The van der Waals surface area contributed by atoms with Crippen molar-refractivity contribution in [2.24, 2.45) is 0 Å². The van der Waals surface area contributed by atoms with Crippen molar-refractivity contribution < 1.29 is 53.3 Å². The molecule has 0 atom stereocenters. The summed E-state index contributed by atoms with van der Waals surface area (Å²) in [6.07, 6.45) is 0. The van der Waals surface area contributed by atoms with Crippen LogP contribution in [0.15, 0.2) is 0 Å². The van der Waals surface area contributed by atoms with E-state index in [0.29, 0.717) is 0 Å². The summed E-state index contributed by atoms with van der Waals surface area (Å²) in [5.41, 5.74) is 0. The summed E-state index contributed by atoms with van der Waals surface area (Å²) in [6.45, 7) is 0. The van der Waals surface area contributed by atoms with E-state index >= 15 is 0 Å². The zero-order valence-electron chi connectivity index (χ0n) is 5.43. The van der Waals surface area contributed by atoms with Gasteiger partial charge < -0.3 is 15.6 Å². The van der Waals surface area contributed by atoms with Gasteiger partial charge in [0.05, 0.1) is 0 Å². The van der Waals surface area contributed by atoms with Crippen LogP contribution >= 0.6 is 0 Å². The molecular weight excluding hydrogens is 383 g/mol. The zero-order valence-corrected chi connectivity index (χ0v) is 7.60. The third-order valence-electron chi connectivity index (χ3n) is 0. The Morgan fingerprint density at radius 3 is 0.692 bits per heavy atom. The largest absolute Gasteiger partial charge is 0.328 e. The van der Waals surface area contributed by atoms with E-state index in [9.17, 15) is 0 Å². The molecule has 12 nitrogen and oxygen atoms in total. The van der Waals surface area contributed by atoms with E-state index < -0.39 is 15.3 Å². The Labute approximate surface area is 84.2 Å². The summed E-state index contributed by atoms with van der Waals surface area (Å²) in [7, 11) is 0. The molecule has 0 aromatic heterocycles. The first-order valence-electron chi connectivity index (χ1n) is 1.70. The normalized spacial score (nSPS) is 5.54. The second kappa shape index (κ2) is 16.7. The van der Waals surface area contributed by atoms with Gasteiger partial charge in [0.25, 0.3) is 15.3 Å². The molecule has 83 valence electrons. The standard InChI is InChI=1S/Au.3HNO3/c;3*2-1(3)4/h;3*(H,2,3,4). The molecule has 0 saturated carbocycles. The third-order valence-corrected chi connectivity index (χ3v) is 0. The molecular formula is H3AuN3O9. The van der Waals surface area contributed by atoms with Gasteiger partial charge in [-0.15, -0.1) is 30.3 Å². The van der Waals surface area contributed by atoms with Gasteiger partial charge in [-0.25, -0.2) is 0 Å². The number of rotatable bonds is 0. The number of hydrogen-bond donors (Lipinski definition) is 3. The second-order valence-corrected chi connectivity index (χ2v) is 0.714. The average molecular weight is 386 g/mol. The SMILES string of the molecule is O=[N+]([O-])O.O=[N+]([O-])O.O=[N+]([O-])O.[Au]. The fourth-order valence-corrected chi connectivity index (χ4v) is 0. The molecule has 0 aromatic carbocycles. The predicted octanol–water partition coefficient (Wildman–Crippen LogP) is -1.05. The summed E-state index contributed by atoms with van der Waals surface area (Å²) in [4.78, 5) is 25.1. The Balaban J connectivity index is -0.0000000450. The topological polar surface area (TPSA) is 190 Å². The summed E-state index contributed by atoms with van der Waals surface area (Å²) >= 11 is 0. The van der Waals surface area contributed by atoms with Crippen molar-refractivity contribution in [1.82, 2.24) is 0 Å². The maximum Gasteiger partial charge on any atom is 0.291 e. The van der Waals surface area contributed by atoms with Gasteiger partial charge in [-0.2, -0.15) is 0 Å². The minimum absolute atomic E-state index is 0. The van der Waals surface area contributed by atoms with Crippen LogP contribution in [-0.4, -0.2) is 30.9 Å². The molecule has 13 heteroatoms. The van der Waals surface area contributed by atoms with Gasteiger partial charge in [0.1, 0.15) is 0 Å². The molecule has 0 aliphatic heterocycles. The summed E-state index contributed by atoms with van der Waals surface area (Å²) in [5, 5.41) is 40.9. The van der Waals surface area contributed by atoms with Crippen LogP contribution in [0.25, 0.3) is 0 Å². The van der Waals surface area contributed by atoms with Crippen molar-refractivity contribution >= 4 is 0 Å². The van der Waals surface area contributed by atoms with E-state index in [4.69, 9.17) is 46.0 Å². The fraction of sp³-hybridized carbons (Fsp3) is 0. The molecule has 3 N–H and O–H groups in total. The Kier molecular flexibility index (Phi) is 29.0. The Morgan fingerprint density at radius 1 is 0.692 bits per heavy atom. The van der Waals surface area contributed by atoms with Gasteiger partial charge in [-0.3, -0.25) is 0 Å². The minimum atomic E-state index is -1.50. The van der Waals surface area contributed by atoms with Crippen LogP contribution in [0.3, 0.4) is 0 Å². The molecule has 0 amide bonds. The minimum Gasteiger partial charge on any atom is -0.328 e. The Morgan fingerprint density at radius 2 is 0.692 bits per heavy atom. The number of hydrogen-bond acceptors (Lipinski definition) is 6. The molecule has 0 spiro atoms. The van der Waals surface area contributed by atoms with Crippen LogP contribution in [0, 0.1) is 30.3 Å². The van der Waals surface area contributed by atoms with Crippen molar-refractivity contribution in [3.05, 3.63) is 30.3 Å². The first kappa shape index (κ1) is 22.5. The van der Waals surface area contributed by atoms with Gasteiger partial charge in [0.2, 0.25) is 0 Å². The van der Waals surface area contributed by atoms with Gasteiger partial charge in [-0.1, -0.05) is 0 Å². The predicted molar refractivity (Wildman–Crippen MR) is 26.3 cm³/mol. The maximum absolute atomic E-state index is 8.36. The molecule has 0 heterocycles. The van der Waals surface area contributed by atoms with Crippen molar-refractivity contribution in [3.8, 4) is 0 Å². The van der Waals surface area contributed by atoms with Crippen LogP contribution in [0.5, 0.6) is 0 Å². The quantitative estimate of drug-likeness (QED) is 0.265. The van der Waals surface area contributed by atoms with Crippen LogP contribution in [0.1, 0.15) is 0 Å². The molecule has 0 rings (SSSR count). The van der Waals surface area contributed by atoms with E-state index in [0.717, 1.165) is 0 Å². The van der Waals surface area contributed by atoms with Gasteiger partial charge in [-0.05, 0) is 0 Å². The van der Waals surface area contributed by atoms with Crippen molar-refractivity contribution in [2.75, 3.05) is 0 Å². The maximum atomic E-state index is 8.36. The first-order chi connectivity index (χ1) is 5.20. The van der Waals surface area contributed by atoms with E-state index in [2.05, 4.69) is 0 Å². The van der Waals surface area contributed by atoms with Gasteiger partial charge in [0, 0.05) is 22.4 Å². The van der Waals surface area contributed by atoms with Gasteiger partial charge >= 0.3 is 0 Å². The average Bonchev–Trinajstić information content (AvgIpc) is 1.54. The Bertz CT molecular complexity index is 112. The first-order valence-corrected chi connectivity index (χ1v) is 1.70. The van der Waals surface area contributed by atoms with Crippen molar-refractivity contribution in [3.63, 3.8) is 0 Å². The second-order valence-electron chi connectivity index (χ2n) is 0.714. The van der Waals surface area contributed by atoms with Crippen molar-refractivity contribution in [1.29, 1.82) is 0 Å². The Hall–Kier alpha value is -1.66. The van der Waals surface area contributed by atoms with Crippen LogP contribution in [-0.2, 0) is 22.4 Å². The molecule has 0 unspecified atom stereocenters. The van der Waals surface area contributed by atoms with Crippen LogP contribution in [0.2, 0.25) is 0 Å². The molecule has 1 radical (unpaired) electrons. The van der Waals surface area contributed by atoms with Crippen molar-refractivity contribution in [2.45, 2.75) is 0 Å². The van der Waals surface area contributed by atoms with Crippen LogP contribution < -0.4 is 0 Å². The molecule has 13 heavy (non-hydrogen) atoms. The summed E-state index contributed by atoms with van der Waals surface area (Å²) in [6, 6.07) is 0. The van der Waals surface area contributed by atoms with E-state index in [1.54, 1.807) is 0 Å². The smallest absolute Gasteiger partial charge is 0.291 e. The number of nitrogens with zero attached hydrogens (tertiary/aromatic N) is 3. The summed E-state index contributed by atoms with van der Waals surface area (Å²) in [5.74, 6) is 0. The molecule has 0 saturated heterocycles. The molecule has 0 aromatic rings. The van der Waals surface area contributed by atoms with Crippen LogP contribution in [0.4, 0.5) is 0 Å². The summed E-state index contributed by atoms with van der Waals surface area (Å²) < 4.78 is 0. The molecule has 0 aliphatic carbocycles. The third kappa shape index (κ3) is 261. The molecule has 0 aliphatic rings. The molecule has 0 fully saturated rings. The van der Waals surface area contributed by atoms with E-state index in [-0.39, 0.29) is 22.4 Å². The molecule has 0 bridgehead atoms. The van der Waals surface area contributed by atoms with E-state index in [1.807, 2.05) is 0 Å². The van der Waals surface area contributed by atoms with E-state index in [1.165, 1.54) is 0 Å². The monoisotopic (exact) mass is 386 g/mol. The van der Waals surface area contributed by atoms with Gasteiger partial charge in [0.15, 0.2) is 0 Å². The fourth-order valence-electron chi connectivity index (χ4n) is 0.